The van der Waals surface area contributed by atoms with Crippen LogP contribution in [0.4, 0.5) is 30.7 Å². The number of benzene rings is 2. The van der Waals surface area contributed by atoms with Crippen LogP contribution in [0.3, 0.4) is 0 Å². The fraction of sp³-hybridized carbons (Fsp3) is 0.300. The molecule has 1 aliphatic heterocycles. The molecule has 4 aromatic rings. The zero-order chi connectivity index (χ0) is 32.2. The number of nitrogens with zero attached hydrogens (tertiary/aromatic N) is 2. The van der Waals surface area contributed by atoms with Crippen molar-refractivity contribution in [3.63, 3.8) is 0 Å². The third-order valence-corrected chi connectivity index (χ3v) is 7.56. The number of aryl methyl sites for hydroxylation is 1. The lowest BCUT2D eigenvalue weighted by Gasteiger charge is -2.32. The number of hydrogen-bond acceptors (Lipinski definition) is 7. The Morgan fingerprint density at radius 1 is 1.05 bits per heavy atom. The second kappa shape index (κ2) is 10.7. The molecular weight excluding hydrogens is 599 g/mol. The highest BCUT2D eigenvalue weighted by molar-refractivity contribution is 5.98. The van der Waals surface area contributed by atoms with E-state index in [1.54, 1.807) is 18.2 Å². The topological polar surface area (TPSA) is 108 Å². The van der Waals surface area contributed by atoms with Gasteiger partial charge in [0.15, 0.2) is 17.1 Å². The number of aromatic nitrogens is 2. The molecule has 3 N–H and O–H groups in total. The Morgan fingerprint density at radius 2 is 1.73 bits per heavy atom. The third-order valence-electron chi connectivity index (χ3n) is 7.56. The zero-order valence-electron chi connectivity index (χ0n) is 23.1. The molecule has 0 saturated carbocycles. The number of aliphatic hydroxyl groups is 1. The molecule has 0 radical (unpaired) electrons. The number of alkyl halides is 6. The van der Waals surface area contributed by atoms with Gasteiger partial charge in [-0.25, -0.2) is 14.4 Å². The van der Waals surface area contributed by atoms with Crippen molar-refractivity contribution in [3.8, 4) is 22.8 Å². The fourth-order valence-electron chi connectivity index (χ4n) is 4.98. The number of ketones is 1. The molecule has 0 aliphatic carbocycles. The largest absolute Gasteiger partial charge is 0.496 e. The maximum atomic E-state index is 14.6. The van der Waals surface area contributed by atoms with Crippen molar-refractivity contribution in [1.82, 2.24) is 9.97 Å². The lowest BCUT2D eigenvalue weighted by molar-refractivity contribution is -0.270. The molecule has 0 amide bonds. The lowest BCUT2D eigenvalue weighted by atomic mass is 9.85. The zero-order valence-corrected chi connectivity index (χ0v) is 23.1. The van der Waals surface area contributed by atoms with Crippen molar-refractivity contribution in [3.05, 3.63) is 82.9 Å². The maximum absolute atomic E-state index is 14.6. The number of rotatable bonds is 7. The SMILES string of the molecule is COc1cc(C(=O)CC[C@](O)(c2cc3c(c(-c4ccc(F)cc4)n2)OC[C@@]3(N)C(F)(F)F)C(F)(F)F)nc2ccc(C)cc12. The molecule has 3 heterocycles. The van der Waals surface area contributed by atoms with E-state index in [4.69, 9.17) is 15.2 Å². The van der Waals surface area contributed by atoms with E-state index in [2.05, 4.69) is 9.97 Å². The van der Waals surface area contributed by atoms with E-state index in [0.29, 0.717) is 17.0 Å². The van der Waals surface area contributed by atoms with Gasteiger partial charge >= 0.3 is 12.4 Å². The van der Waals surface area contributed by atoms with Crippen LogP contribution in [0.5, 0.6) is 11.5 Å². The van der Waals surface area contributed by atoms with Crippen molar-refractivity contribution in [2.75, 3.05) is 13.7 Å². The number of methoxy groups -OCH3 is 1. The molecule has 2 atom stereocenters. The number of ether oxygens (including phenoxy) is 2. The third kappa shape index (κ3) is 5.21. The summed E-state index contributed by atoms with van der Waals surface area (Å²) in [6, 6.07) is 10.7. The summed E-state index contributed by atoms with van der Waals surface area (Å²) in [6.45, 7) is 0.642. The Balaban J connectivity index is 1.60. The van der Waals surface area contributed by atoms with Crippen LogP contribution in [0.1, 0.15) is 40.2 Å². The molecule has 2 aromatic carbocycles. The highest BCUT2D eigenvalue weighted by Crippen LogP contribution is 2.51. The molecule has 0 fully saturated rings. The molecule has 7 nitrogen and oxygen atoms in total. The quantitative estimate of drug-likeness (QED) is 0.185. The van der Waals surface area contributed by atoms with Gasteiger partial charge < -0.3 is 20.3 Å². The first-order valence-electron chi connectivity index (χ1n) is 13.1. The van der Waals surface area contributed by atoms with Crippen molar-refractivity contribution in [2.45, 2.75) is 43.3 Å². The van der Waals surface area contributed by atoms with Gasteiger partial charge in [0, 0.05) is 29.0 Å². The van der Waals surface area contributed by atoms with E-state index in [-0.39, 0.29) is 17.0 Å². The number of pyridine rings is 2. The van der Waals surface area contributed by atoms with E-state index < -0.39 is 77.2 Å². The Morgan fingerprint density at radius 3 is 2.34 bits per heavy atom. The smallest absolute Gasteiger partial charge is 0.422 e. The van der Waals surface area contributed by atoms with Gasteiger partial charge in [0.1, 0.15) is 29.6 Å². The van der Waals surface area contributed by atoms with E-state index in [1.165, 1.54) is 13.2 Å². The Hall–Kier alpha value is -4.30. The number of nitrogens with two attached hydrogens (primary N) is 1. The second-order valence-electron chi connectivity index (χ2n) is 10.5. The monoisotopic (exact) mass is 623 g/mol. The van der Waals surface area contributed by atoms with Crippen molar-refractivity contribution >= 4 is 16.7 Å². The van der Waals surface area contributed by atoms with Crippen molar-refractivity contribution in [1.29, 1.82) is 0 Å². The minimum Gasteiger partial charge on any atom is -0.496 e. The van der Waals surface area contributed by atoms with E-state index >= 15 is 0 Å². The van der Waals surface area contributed by atoms with Gasteiger partial charge in [-0.2, -0.15) is 26.3 Å². The van der Waals surface area contributed by atoms with Gasteiger partial charge in [0.05, 0.1) is 18.3 Å². The highest BCUT2D eigenvalue weighted by Gasteiger charge is 2.61. The first-order chi connectivity index (χ1) is 20.5. The Kier molecular flexibility index (Phi) is 7.57. The maximum Gasteiger partial charge on any atom is 0.422 e. The number of Topliss-reactive ketones (excluding diaryl/α,β-unsaturated/α-hetero) is 1. The van der Waals surface area contributed by atoms with Crippen LogP contribution in [0.25, 0.3) is 22.2 Å². The van der Waals surface area contributed by atoms with Crippen molar-refractivity contribution in [2.24, 2.45) is 5.73 Å². The minimum absolute atomic E-state index is 0.0979. The lowest BCUT2D eigenvalue weighted by Crippen LogP contribution is -2.52. The molecule has 14 heteroatoms. The van der Waals surface area contributed by atoms with Crippen LogP contribution < -0.4 is 15.2 Å². The normalized spacial score (nSPS) is 18.1. The molecule has 0 saturated heterocycles. The van der Waals surface area contributed by atoms with E-state index in [9.17, 15) is 40.6 Å². The molecule has 232 valence electrons. The molecule has 2 aromatic heterocycles. The molecule has 5 rings (SSSR count). The molecule has 0 unspecified atom stereocenters. The van der Waals surface area contributed by atoms with Crippen LogP contribution >= 0.6 is 0 Å². The molecule has 44 heavy (non-hydrogen) atoms. The van der Waals surface area contributed by atoms with E-state index in [1.807, 2.05) is 6.92 Å². The molecule has 1 aliphatic rings. The average molecular weight is 624 g/mol. The van der Waals surface area contributed by atoms with Gasteiger partial charge in [0.2, 0.25) is 5.60 Å². The van der Waals surface area contributed by atoms with Gasteiger partial charge in [-0.1, -0.05) is 11.6 Å². The molecule has 0 bridgehead atoms. The molecule has 0 spiro atoms. The summed E-state index contributed by atoms with van der Waals surface area (Å²) in [7, 11) is 1.34. The fourth-order valence-corrected chi connectivity index (χ4v) is 4.98. The highest BCUT2D eigenvalue weighted by atomic mass is 19.4. The number of fused-ring (bicyclic) bond motifs is 2. The first-order valence-corrected chi connectivity index (χ1v) is 13.1. The van der Waals surface area contributed by atoms with E-state index in [0.717, 1.165) is 29.8 Å². The summed E-state index contributed by atoms with van der Waals surface area (Å²) in [5.41, 5.74) is -3.35. The van der Waals surface area contributed by atoms with Crippen LogP contribution in [0.15, 0.2) is 54.6 Å². The average Bonchev–Trinajstić information content (AvgIpc) is 3.32. The number of carbonyl (C=O) groups is 1. The summed E-state index contributed by atoms with van der Waals surface area (Å²) in [4.78, 5) is 21.2. The summed E-state index contributed by atoms with van der Waals surface area (Å²) in [5.74, 6) is -1.96. The summed E-state index contributed by atoms with van der Waals surface area (Å²) >= 11 is 0. The van der Waals surface area contributed by atoms with Gasteiger partial charge in [-0.15, -0.1) is 0 Å². The summed E-state index contributed by atoms with van der Waals surface area (Å²) in [5, 5.41) is 11.7. The van der Waals surface area contributed by atoms with Gasteiger partial charge in [0.25, 0.3) is 0 Å². The van der Waals surface area contributed by atoms with Crippen molar-refractivity contribution < 1.29 is 50.1 Å². The van der Waals surface area contributed by atoms with Gasteiger partial charge in [-0.05, 0) is 55.8 Å². The van der Waals surface area contributed by atoms with Crippen LogP contribution in [0, 0.1) is 12.7 Å². The number of halogens is 7. The number of carbonyl (C=O) groups excluding carboxylic acids is 1. The Labute approximate surface area is 245 Å². The minimum atomic E-state index is -5.52. The number of hydrogen-bond donors (Lipinski definition) is 2. The summed E-state index contributed by atoms with van der Waals surface area (Å²) < 4.78 is 110. The van der Waals surface area contributed by atoms with Crippen LogP contribution in [0.2, 0.25) is 0 Å². The predicted octanol–water partition coefficient (Wildman–Crippen LogP) is 6.27. The van der Waals surface area contributed by atoms with Gasteiger partial charge in [-0.3, -0.25) is 4.79 Å². The van der Waals surface area contributed by atoms with Crippen LogP contribution in [-0.4, -0.2) is 46.9 Å². The first kappa shape index (κ1) is 31.1. The second-order valence-corrected chi connectivity index (χ2v) is 10.5. The standard InChI is InChI=1S/C30H24F7N3O4/c1-15-3-8-20-18(11-15)23(43-2)13-21(39-20)22(41)9-10-28(42,30(35,36)37)24-12-19-26(44-14-27(19,38)29(32,33)34)25(40-24)16-4-6-17(31)7-5-16/h3-8,11-13,42H,9-10,14,38H2,1-2H3/t27-,28-/m0/s1. The Bertz CT molecular complexity index is 1760. The predicted molar refractivity (Wildman–Crippen MR) is 144 cm³/mol. The molecular formula is C30H24F7N3O4. The summed E-state index contributed by atoms with van der Waals surface area (Å²) in [6.07, 6.45) is -13.0. The van der Waals surface area contributed by atoms with Crippen LogP contribution in [-0.2, 0) is 11.1 Å².